The number of nitrogens with zero attached hydrogens (tertiary/aromatic N) is 4. The summed E-state index contributed by atoms with van der Waals surface area (Å²) in [6.07, 6.45) is 4.82. The first kappa shape index (κ1) is 18.7. The van der Waals surface area contributed by atoms with Gasteiger partial charge in [-0.25, -0.2) is 14.8 Å². The molecule has 0 radical (unpaired) electrons. The lowest BCUT2D eigenvalue weighted by Crippen LogP contribution is -2.43. The maximum Gasteiger partial charge on any atom is 0.314 e. The van der Waals surface area contributed by atoms with Gasteiger partial charge in [0.15, 0.2) is 0 Å². The van der Waals surface area contributed by atoms with E-state index in [4.69, 9.17) is 10.5 Å². The van der Waals surface area contributed by atoms with Gasteiger partial charge in [0.1, 0.15) is 18.0 Å². The monoisotopic (exact) mass is 362 g/mol. The average molecular weight is 362 g/mol. The molecule has 26 heavy (non-hydrogen) atoms. The second-order valence-electron chi connectivity index (χ2n) is 7.40. The molecule has 3 N–H and O–H groups in total. The van der Waals surface area contributed by atoms with Crippen LogP contribution in [0.15, 0.2) is 12.4 Å². The van der Waals surface area contributed by atoms with Gasteiger partial charge in [0.05, 0.1) is 12.1 Å². The van der Waals surface area contributed by atoms with Crippen LogP contribution in [-0.4, -0.2) is 65.8 Å². The first-order chi connectivity index (χ1) is 12.5. The number of hydrogen-bond donors (Lipinski definition) is 2. The predicted octanol–water partition coefficient (Wildman–Crippen LogP) is 1.68. The van der Waals surface area contributed by atoms with Crippen molar-refractivity contribution >= 4 is 17.7 Å². The first-order valence-corrected chi connectivity index (χ1v) is 9.54. The number of aromatic nitrogens is 2. The van der Waals surface area contributed by atoms with Gasteiger partial charge in [-0.1, -0.05) is 13.8 Å². The standard InChI is InChI=1S/C18H30N6O2/c1-13(2)17-14(5-3-10-26-17)22-15-11-16(21-12-20-15)23-6-4-7-24(9-8-23)18(19)25/h11-14,17H,3-10H2,1-2H3,(H2,19,25)(H,20,21,22). The molecule has 3 heterocycles. The van der Waals surface area contributed by atoms with E-state index in [0.717, 1.165) is 50.6 Å². The van der Waals surface area contributed by atoms with Crippen LogP contribution in [0.2, 0.25) is 0 Å². The molecule has 2 aliphatic rings. The molecule has 2 unspecified atom stereocenters. The number of carbonyl (C=O) groups is 1. The van der Waals surface area contributed by atoms with Gasteiger partial charge in [0.2, 0.25) is 0 Å². The number of amides is 2. The molecule has 3 rings (SSSR count). The number of hydrogen-bond acceptors (Lipinski definition) is 6. The molecule has 2 fully saturated rings. The summed E-state index contributed by atoms with van der Waals surface area (Å²) in [5.41, 5.74) is 5.41. The highest BCUT2D eigenvalue weighted by Crippen LogP contribution is 2.24. The second kappa shape index (κ2) is 8.53. The Kier molecular flexibility index (Phi) is 6.13. The van der Waals surface area contributed by atoms with E-state index in [1.165, 1.54) is 0 Å². The van der Waals surface area contributed by atoms with Crippen molar-refractivity contribution in [3.8, 4) is 0 Å². The van der Waals surface area contributed by atoms with Gasteiger partial charge in [-0.2, -0.15) is 0 Å². The average Bonchev–Trinajstić information content (AvgIpc) is 2.88. The first-order valence-electron chi connectivity index (χ1n) is 9.54. The van der Waals surface area contributed by atoms with Gasteiger partial charge < -0.3 is 25.6 Å². The number of rotatable bonds is 4. The summed E-state index contributed by atoms with van der Waals surface area (Å²) in [4.78, 5) is 24.1. The summed E-state index contributed by atoms with van der Waals surface area (Å²) in [6.45, 7) is 8.10. The topological polar surface area (TPSA) is 96.6 Å². The van der Waals surface area contributed by atoms with Crippen molar-refractivity contribution in [3.05, 3.63) is 12.4 Å². The Balaban J connectivity index is 1.67. The van der Waals surface area contributed by atoms with Crippen molar-refractivity contribution in [3.63, 3.8) is 0 Å². The molecule has 2 saturated heterocycles. The Morgan fingerprint density at radius 1 is 1.27 bits per heavy atom. The fourth-order valence-electron chi connectivity index (χ4n) is 3.77. The van der Waals surface area contributed by atoms with Crippen LogP contribution in [0.1, 0.15) is 33.1 Å². The SMILES string of the molecule is CC(C)C1OCCCC1Nc1cc(N2CCCN(C(N)=O)CC2)ncn1. The molecule has 2 amide bonds. The molecule has 0 spiro atoms. The van der Waals surface area contributed by atoms with Gasteiger partial charge in [-0.3, -0.25) is 0 Å². The number of carbonyl (C=O) groups excluding carboxylic acids is 1. The highest BCUT2D eigenvalue weighted by molar-refractivity contribution is 5.72. The number of urea groups is 1. The largest absolute Gasteiger partial charge is 0.376 e. The predicted molar refractivity (Wildman–Crippen MR) is 101 cm³/mol. The summed E-state index contributed by atoms with van der Waals surface area (Å²) < 4.78 is 5.96. The molecule has 0 aliphatic carbocycles. The third-order valence-electron chi connectivity index (χ3n) is 5.14. The van der Waals surface area contributed by atoms with Crippen molar-refractivity contribution in [1.82, 2.24) is 14.9 Å². The molecule has 0 aromatic carbocycles. The number of ether oxygens (including phenoxy) is 1. The van der Waals surface area contributed by atoms with Crippen molar-refractivity contribution in [2.45, 2.75) is 45.3 Å². The highest BCUT2D eigenvalue weighted by Gasteiger charge is 2.29. The smallest absolute Gasteiger partial charge is 0.314 e. The number of primary amides is 1. The summed E-state index contributed by atoms with van der Waals surface area (Å²) in [6, 6.07) is 1.90. The number of anilines is 2. The van der Waals surface area contributed by atoms with Crippen LogP contribution in [0, 0.1) is 5.92 Å². The van der Waals surface area contributed by atoms with Crippen molar-refractivity contribution in [1.29, 1.82) is 0 Å². The molecule has 144 valence electrons. The van der Waals surface area contributed by atoms with Gasteiger partial charge in [-0.15, -0.1) is 0 Å². The number of nitrogens with one attached hydrogen (secondary N) is 1. The minimum Gasteiger partial charge on any atom is -0.376 e. The van der Waals surface area contributed by atoms with Crippen LogP contribution in [0.3, 0.4) is 0 Å². The van der Waals surface area contributed by atoms with Gasteiger partial charge >= 0.3 is 6.03 Å². The molecule has 2 aliphatic heterocycles. The summed E-state index contributed by atoms with van der Waals surface area (Å²) in [7, 11) is 0. The van der Waals surface area contributed by atoms with E-state index in [2.05, 4.69) is 34.0 Å². The lowest BCUT2D eigenvalue weighted by molar-refractivity contribution is -0.0203. The van der Waals surface area contributed by atoms with E-state index >= 15 is 0 Å². The van der Waals surface area contributed by atoms with Crippen LogP contribution in [-0.2, 0) is 4.74 Å². The van der Waals surface area contributed by atoms with E-state index in [1.54, 1.807) is 11.2 Å². The van der Waals surface area contributed by atoms with E-state index in [0.29, 0.717) is 19.0 Å². The van der Waals surface area contributed by atoms with E-state index in [1.807, 2.05) is 6.07 Å². The van der Waals surface area contributed by atoms with Crippen molar-refractivity contribution < 1.29 is 9.53 Å². The third-order valence-corrected chi connectivity index (χ3v) is 5.14. The van der Waals surface area contributed by atoms with Gasteiger partial charge in [0.25, 0.3) is 0 Å². The normalized spacial score (nSPS) is 24.4. The summed E-state index contributed by atoms with van der Waals surface area (Å²) in [5.74, 6) is 2.17. The number of nitrogens with two attached hydrogens (primary N) is 1. The Labute approximate surface area is 155 Å². The Morgan fingerprint density at radius 3 is 2.88 bits per heavy atom. The molecule has 1 aromatic heterocycles. The van der Waals surface area contributed by atoms with E-state index in [9.17, 15) is 4.79 Å². The van der Waals surface area contributed by atoms with Gasteiger partial charge in [0, 0.05) is 38.9 Å². The van der Waals surface area contributed by atoms with Gasteiger partial charge in [-0.05, 0) is 25.2 Å². The van der Waals surface area contributed by atoms with Crippen molar-refractivity contribution in [2.75, 3.05) is 43.0 Å². The zero-order valence-corrected chi connectivity index (χ0v) is 15.7. The highest BCUT2D eigenvalue weighted by atomic mass is 16.5. The Hall–Kier alpha value is -2.09. The van der Waals surface area contributed by atoms with Crippen LogP contribution in [0.4, 0.5) is 16.4 Å². The molecule has 0 bridgehead atoms. The Bertz CT molecular complexity index is 611. The summed E-state index contributed by atoms with van der Waals surface area (Å²) >= 11 is 0. The second-order valence-corrected chi connectivity index (χ2v) is 7.40. The van der Waals surface area contributed by atoms with E-state index in [-0.39, 0.29) is 18.2 Å². The van der Waals surface area contributed by atoms with Crippen molar-refractivity contribution in [2.24, 2.45) is 11.7 Å². The minimum absolute atomic E-state index is 0.199. The fraction of sp³-hybridized carbons (Fsp3) is 0.722. The minimum atomic E-state index is -0.353. The lowest BCUT2D eigenvalue weighted by Gasteiger charge is -2.35. The Morgan fingerprint density at radius 2 is 2.12 bits per heavy atom. The van der Waals surface area contributed by atoms with Crippen LogP contribution >= 0.6 is 0 Å². The molecule has 8 heteroatoms. The molecular formula is C18H30N6O2. The zero-order valence-electron chi connectivity index (χ0n) is 15.7. The third kappa shape index (κ3) is 4.55. The molecule has 0 saturated carbocycles. The maximum absolute atomic E-state index is 11.4. The molecular weight excluding hydrogens is 332 g/mol. The van der Waals surface area contributed by atoms with Crippen LogP contribution < -0.4 is 16.0 Å². The zero-order chi connectivity index (χ0) is 18.5. The maximum atomic E-state index is 11.4. The fourth-order valence-corrected chi connectivity index (χ4v) is 3.77. The van der Waals surface area contributed by atoms with Crippen LogP contribution in [0.25, 0.3) is 0 Å². The lowest BCUT2D eigenvalue weighted by atomic mass is 9.94. The molecule has 2 atom stereocenters. The summed E-state index contributed by atoms with van der Waals surface area (Å²) in [5, 5.41) is 3.55. The van der Waals surface area contributed by atoms with Crippen LogP contribution in [0.5, 0.6) is 0 Å². The quantitative estimate of drug-likeness (QED) is 0.846. The molecule has 1 aromatic rings. The molecule has 8 nitrogen and oxygen atoms in total. The van der Waals surface area contributed by atoms with E-state index < -0.39 is 0 Å².